The van der Waals surface area contributed by atoms with Crippen molar-refractivity contribution in [2.75, 3.05) is 26.2 Å². The zero-order valence-electron chi connectivity index (χ0n) is 27.9. The summed E-state index contributed by atoms with van der Waals surface area (Å²) in [6.07, 6.45) is 0.880. The average Bonchev–Trinajstić information content (AvgIpc) is 3.08. The number of benzene rings is 3. The van der Waals surface area contributed by atoms with Crippen molar-refractivity contribution < 1.29 is 4.74 Å². The van der Waals surface area contributed by atoms with E-state index in [9.17, 15) is 0 Å². The number of rotatable bonds is 14. The molecule has 0 spiro atoms. The van der Waals surface area contributed by atoms with Gasteiger partial charge in [-0.25, -0.2) is 0 Å². The van der Waals surface area contributed by atoms with Crippen molar-refractivity contribution in [1.29, 1.82) is 0 Å². The number of nitrogens with zero attached hydrogens (tertiary/aromatic N) is 3. The molecule has 0 N–H and O–H groups in total. The van der Waals surface area contributed by atoms with Crippen LogP contribution in [-0.4, -0.2) is 41.0 Å². The maximum atomic E-state index is 5.88. The molecule has 3 aromatic carbocycles. The SMILES string of the molecule is C=C(Cl)Oc1ccc(/C(=C(/CC)c2ccccc2)c2ccc(C#Cc3cc(CN(CC)CC)nc(CN(CC)CC)c3)cc2)cc1. The van der Waals surface area contributed by atoms with Crippen molar-refractivity contribution in [3.8, 4) is 17.6 Å². The molecule has 0 aliphatic carbocycles. The highest BCUT2D eigenvalue weighted by Crippen LogP contribution is 2.35. The van der Waals surface area contributed by atoms with Gasteiger partial charge in [-0.1, -0.05) is 101 Å². The molecule has 0 fully saturated rings. The average molecular weight is 632 g/mol. The van der Waals surface area contributed by atoms with Gasteiger partial charge in [0.15, 0.2) is 5.22 Å². The molecule has 4 nitrogen and oxygen atoms in total. The number of ether oxygens (including phenoxy) is 1. The largest absolute Gasteiger partial charge is 0.446 e. The van der Waals surface area contributed by atoms with Crippen LogP contribution in [0.1, 0.15) is 80.2 Å². The van der Waals surface area contributed by atoms with E-state index in [0.717, 1.165) is 79.3 Å². The second kappa shape index (κ2) is 17.5. The van der Waals surface area contributed by atoms with Crippen molar-refractivity contribution in [2.45, 2.75) is 54.1 Å². The van der Waals surface area contributed by atoms with E-state index in [4.69, 9.17) is 21.3 Å². The number of pyridine rings is 1. The second-order valence-electron chi connectivity index (χ2n) is 11.1. The molecule has 5 heteroatoms. The van der Waals surface area contributed by atoms with E-state index in [2.05, 4.69) is 142 Å². The molecule has 238 valence electrons. The quantitative estimate of drug-likeness (QED) is 0.0787. The number of halogens is 1. The van der Waals surface area contributed by atoms with Crippen LogP contribution in [0.2, 0.25) is 0 Å². The summed E-state index contributed by atoms with van der Waals surface area (Å²) in [5.74, 6) is 7.53. The molecule has 46 heavy (non-hydrogen) atoms. The molecule has 0 saturated carbocycles. The van der Waals surface area contributed by atoms with Gasteiger partial charge in [-0.3, -0.25) is 14.8 Å². The lowest BCUT2D eigenvalue weighted by atomic mass is 9.88. The fourth-order valence-corrected chi connectivity index (χ4v) is 5.69. The van der Waals surface area contributed by atoms with E-state index in [1.807, 2.05) is 12.1 Å². The molecule has 0 amide bonds. The van der Waals surface area contributed by atoms with E-state index < -0.39 is 0 Å². The highest BCUT2D eigenvalue weighted by molar-refractivity contribution is 6.28. The monoisotopic (exact) mass is 631 g/mol. The van der Waals surface area contributed by atoms with Gasteiger partial charge in [0.2, 0.25) is 0 Å². The Hall–Kier alpha value is -4.14. The minimum atomic E-state index is 0.144. The Morgan fingerprint density at radius 3 is 1.65 bits per heavy atom. The van der Waals surface area contributed by atoms with Crippen LogP contribution in [0.15, 0.2) is 103 Å². The summed E-state index contributed by atoms with van der Waals surface area (Å²) in [6.45, 7) is 20.2. The van der Waals surface area contributed by atoms with E-state index in [1.54, 1.807) is 0 Å². The van der Waals surface area contributed by atoms with Crippen LogP contribution in [0.5, 0.6) is 5.75 Å². The Morgan fingerprint density at radius 2 is 1.17 bits per heavy atom. The van der Waals surface area contributed by atoms with Crippen molar-refractivity contribution >= 4 is 22.7 Å². The van der Waals surface area contributed by atoms with E-state index in [1.165, 1.54) is 16.7 Å². The third-order valence-corrected chi connectivity index (χ3v) is 8.24. The lowest BCUT2D eigenvalue weighted by Gasteiger charge is -2.20. The van der Waals surface area contributed by atoms with Crippen LogP contribution >= 0.6 is 11.6 Å². The van der Waals surface area contributed by atoms with Gasteiger partial charge in [-0.2, -0.15) is 0 Å². The van der Waals surface area contributed by atoms with Gasteiger partial charge >= 0.3 is 0 Å². The van der Waals surface area contributed by atoms with Gasteiger partial charge < -0.3 is 4.74 Å². The van der Waals surface area contributed by atoms with Gasteiger partial charge in [0.05, 0.1) is 11.4 Å². The standard InChI is InChI=1S/C41H46ClN3O/c1-7-40(34-15-13-12-14-16-34)41(36-23-25-39(26-24-36)46-31(6)42)35-21-19-32(20-22-35)17-18-33-27-37(29-44(8-2)9-3)43-38(28-33)30-45(10-4)11-5/h12-16,19-28H,6-11,29-30H2,1-5H3/b41-40-. The molecular weight excluding hydrogens is 586 g/mol. The molecule has 0 aliphatic heterocycles. The highest BCUT2D eigenvalue weighted by atomic mass is 35.5. The fraction of sp³-hybridized carbons (Fsp3) is 0.293. The summed E-state index contributed by atoms with van der Waals surface area (Å²) in [7, 11) is 0. The summed E-state index contributed by atoms with van der Waals surface area (Å²) in [5.41, 5.74) is 10.0. The first-order valence-electron chi connectivity index (χ1n) is 16.3. The Bertz CT molecular complexity index is 1630. The fourth-order valence-electron chi connectivity index (χ4n) is 5.60. The number of allylic oxidation sites excluding steroid dienone is 1. The minimum Gasteiger partial charge on any atom is -0.446 e. The first-order chi connectivity index (χ1) is 22.4. The third kappa shape index (κ3) is 9.68. The molecule has 4 rings (SSSR count). The predicted molar refractivity (Wildman–Crippen MR) is 195 cm³/mol. The topological polar surface area (TPSA) is 28.6 Å². The van der Waals surface area contributed by atoms with Gasteiger partial charge in [0.25, 0.3) is 0 Å². The molecule has 0 atom stereocenters. The molecule has 0 saturated heterocycles. The Kier molecular flexibility index (Phi) is 13.2. The van der Waals surface area contributed by atoms with Crippen LogP contribution in [0, 0.1) is 11.8 Å². The van der Waals surface area contributed by atoms with Crippen LogP contribution in [0.3, 0.4) is 0 Å². The van der Waals surface area contributed by atoms with E-state index >= 15 is 0 Å². The molecule has 0 unspecified atom stereocenters. The first-order valence-corrected chi connectivity index (χ1v) is 16.7. The maximum Gasteiger partial charge on any atom is 0.186 e. The molecule has 1 aromatic heterocycles. The molecule has 0 radical (unpaired) electrons. The maximum absolute atomic E-state index is 5.88. The lowest BCUT2D eigenvalue weighted by Crippen LogP contribution is -2.25. The van der Waals surface area contributed by atoms with Crippen molar-refractivity contribution in [2.24, 2.45) is 0 Å². The van der Waals surface area contributed by atoms with Gasteiger partial charge in [-0.05, 0) is 115 Å². The second-order valence-corrected chi connectivity index (χ2v) is 11.6. The zero-order valence-corrected chi connectivity index (χ0v) is 28.7. The van der Waals surface area contributed by atoms with Gasteiger partial charge in [0, 0.05) is 24.2 Å². The summed E-state index contributed by atoms with van der Waals surface area (Å²) in [6, 6.07) is 31.5. The van der Waals surface area contributed by atoms with Crippen molar-refractivity contribution in [3.63, 3.8) is 0 Å². The molecule has 1 heterocycles. The Labute approximate surface area is 281 Å². The number of hydrogen-bond acceptors (Lipinski definition) is 4. The lowest BCUT2D eigenvalue weighted by molar-refractivity contribution is 0.284. The van der Waals surface area contributed by atoms with Gasteiger partial charge in [0.1, 0.15) is 5.75 Å². The van der Waals surface area contributed by atoms with E-state index in [-0.39, 0.29) is 5.22 Å². The number of aromatic nitrogens is 1. The smallest absolute Gasteiger partial charge is 0.186 e. The Balaban J connectivity index is 1.70. The normalized spacial score (nSPS) is 11.7. The molecule has 4 aromatic rings. The number of hydrogen-bond donors (Lipinski definition) is 0. The first kappa shape index (κ1) is 34.7. The van der Waals surface area contributed by atoms with E-state index in [0.29, 0.717) is 5.75 Å². The minimum absolute atomic E-state index is 0.144. The summed E-state index contributed by atoms with van der Waals surface area (Å²) < 4.78 is 5.51. The van der Waals surface area contributed by atoms with Crippen LogP contribution in [0.4, 0.5) is 0 Å². The highest BCUT2D eigenvalue weighted by Gasteiger charge is 2.14. The van der Waals surface area contributed by atoms with Crippen molar-refractivity contribution in [1.82, 2.24) is 14.8 Å². The van der Waals surface area contributed by atoms with Crippen LogP contribution < -0.4 is 4.74 Å². The summed E-state index contributed by atoms with van der Waals surface area (Å²) in [5, 5.41) is 0.144. The van der Waals surface area contributed by atoms with Crippen LogP contribution in [0.25, 0.3) is 11.1 Å². The molecule has 0 bridgehead atoms. The van der Waals surface area contributed by atoms with Gasteiger partial charge in [-0.15, -0.1) is 0 Å². The zero-order chi connectivity index (χ0) is 32.9. The van der Waals surface area contributed by atoms with Crippen LogP contribution in [-0.2, 0) is 13.1 Å². The predicted octanol–water partition coefficient (Wildman–Crippen LogP) is 9.62. The van der Waals surface area contributed by atoms with Crippen molar-refractivity contribution in [3.05, 3.63) is 142 Å². The summed E-state index contributed by atoms with van der Waals surface area (Å²) in [4.78, 5) is 9.79. The summed E-state index contributed by atoms with van der Waals surface area (Å²) >= 11 is 5.88. The Morgan fingerprint density at radius 1 is 0.674 bits per heavy atom. The third-order valence-electron chi connectivity index (χ3n) is 8.17. The molecule has 0 aliphatic rings. The molecular formula is C41H46ClN3O.